The SMILES string of the molecule is NCCN(C1CC1)S(=O)(=O)CCc1ccccn1. The summed E-state index contributed by atoms with van der Waals surface area (Å²) in [4.78, 5) is 4.14. The molecule has 0 atom stereocenters. The van der Waals surface area contributed by atoms with Crippen LogP contribution in [0.4, 0.5) is 0 Å². The summed E-state index contributed by atoms with van der Waals surface area (Å²) >= 11 is 0. The predicted octanol–water partition coefficient (Wildman–Crippen LogP) is 0.377. The van der Waals surface area contributed by atoms with Gasteiger partial charge in [-0.1, -0.05) is 6.07 Å². The molecule has 2 N–H and O–H groups in total. The second-order valence-electron chi connectivity index (χ2n) is 4.52. The number of pyridine rings is 1. The molecule has 0 bridgehead atoms. The van der Waals surface area contributed by atoms with Gasteiger partial charge in [0.15, 0.2) is 0 Å². The van der Waals surface area contributed by atoms with Crippen molar-refractivity contribution < 1.29 is 8.42 Å². The monoisotopic (exact) mass is 269 g/mol. The number of hydrogen-bond donors (Lipinski definition) is 1. The Morgan fingerprint density at radius 1 is 1.39 bits per heavy atom. The fraction of sp³-hybridized carbons (Fsp3) is 0.583. The molecule has 1 aromatic rings. The number of aromatic nitrogens is 1. The van der Waals surface area contributed by atoms with E-state index in [1.165, 1.54) is 0 Å². The fourth-order valence-corrected chi connectivity index (χ4v) is 3.69. The van der Waals surface area contributed by atoms with Crippen LogP contribution in [0, 0.1) is 0 Å². The molecule has 0 spiro atoms. The quantitative estimate of drug-likeness (QED) is 0.776. The maximum absolute atomic E-state index is 12.2. The first kappa shape index (κ1) is 13.5. The molecule has 5 nitrogen and oxygen atoms in total. The summed E-state index contributed by atoms with van der Waals surface area (Å²) in [7, 11) is -3.21. The van der Waals surface area contributed by atoms with E-state index in [-0.39, 0.29) is 11.8 Å². The maximum Gasteiger partial charge on any atom is 0.214 e. The molecule has 0 unspecified atom stereocenters. The van der Waals surface area contributed by atoms with Gasteiger partial charge in [0.05, 0.1) is 5.75 Å². The molecule has 1 fully saturated rings. The van der Waals surface area contributed by atoms with Gasteiger partial charge in [-0.25, -0.2) is 8.42 Å². The third-order valence-corrected chi connectivity index (χ3v) is 4.92. The van der Waals surface area contributed by atoms with Crippen LogP contribution in [0.15, 0.2) is 24.4 Å². The molecular formula is C12H19N3O2S. The van der Waals surface area contributed by atoms with Crippen molar-refractivity contribution in [2.45, 2.75) is 25.3 Å². The minimum absolute atomic E-state index is 0.112. The van der Waals surface area contributed by atoms with E-state index in [0.717, 1.165) is 18.5 Å². The molecule has 1 saturated carbocycles. The summed E-state index contributed by atoms with van der Waals surface area (Å²) in [5.41, 5.74) is 6.29. The topological polar surface area (TPSA) is 76.3 Å². The van der Waals surface area contributed by atoms with Crippen LogP contribution in [-0.4, -0.2) is 42.6 Å². The van der Waals surface area contributed by atoms with Gasteiger partial charge in [-0.15, -0.1) is 0 Å². The second-order valence-corrected chi connectivity index (χ2v) is 6.56. The Labute approximate surface area is 108 Å². The molecule has 0 aromatic carbocycles. The van der Waals surface area contributed by atoms with Crippen molar-refractivity contribution in [1.29, 1.82) is 0 Å². The van der Waals surface area contributed by atoms with Crippen LogP contribution in [0.25, 0.3) is 0 Å². The van der Waals surface area contributed by atoms with Crippen LogP contribution in [0.5, 0.6) is 0 Å². The van der Waals surface area contributed by atoms with E-state index in [0.29, 0.717) is 19.5 Å². The van der Waals surface area contributed by atoms with Crippen molar-refractivity contribution in [2.24, 2.45) is 5.73 Å². The van der Waals surface area contributed by atoms with E-state index in [9.17, 15) is 8.42 Å². The summed E-state index contributed by atoms with van der Waals surface area (Å²) in [6.45, 7) is 0.800. The number of hydrogen-bond acceptors (Lipinski definition) is 4. The van der Waals surface area contributed by atoms with Gasteiger partial charge in [0, 0.05) is 37.4 Å². The Morgan fingerprint density at radius 3 is 2.72 bits per heavy atom. The number of nitrogens with two attached hydrogens (primary N) is 1. The van der Waals surface area contributed by atoms with Crippen molar-refractivity contribution in [3.05, 3.63) is 30.1 Å². The molecule has 6 heteroatoms. The van der Waals surface area contributed by atoms with Crippen LogP contribution >= 0.6 is 0 Å². The lowest BCUT2D eigenvalue weighted by Crippen LogP contribution is -2.39. The lowest BCUT2D eigenvalue weighted by Gasteiger charge is -2.20. The Morgan fingerprint density at radius 2 is 2.17 bits per heavy atom. The van der Waals surface area contributed by atoms with Gasteiger partial charge >= 0.3 is 0 Å². The van der Waals surface area contributed by atoms with Crippen LogP contribution in [-0.2, 0) is 16.4 Å². The highest BCUT2D eigenvalue weighted by molar-refractivity contribution is 7.89. The summed E-state index contributed by atoms with van der Waals surface area (Å²) in [5.74, 6) is 0.112. The molecule has 0 radical (unpaired) electrons. The Balaban J connectivity index is 1.97. The van der Waals surface area contributed by atoms with E-state index < -0.39 is 10.0 Å². The van der Waals surface area contributed by atoms with Crippen LogP contribution in [0.3, 0.4) is 0 Å². The molecule has 1 aliphatic rings. The third kappa shape index (κ3) is 3.51. The number of sulfonamides is 1. The molecule has 18 heavy (non-hydrogen) atoms. The molecule has 1 heterocycles. The lowest BCUT2D eigenvalue weighted by atomic mass is 10.3. The second kappa shape index (κ2) is 5.77. The van der Waals surface area contributed by atoms with Crippen LogP contribution in [0.2, 0.25) is 0 Å². The zero-order valence-electron chi connectivity index (χ0n) is 10.3. The average Bonchev–Trinajstić information content (AvgIpc) is 3.19. The van der Waals surface area contributed by atoms with Gasteiger partial charge in [0.2, 0.25) is 10.0 Å². The number of aryl methyl sites for hydroxylation is 1. The molecule has 0 aliphatic heterocycles. The van der Waals surface area contributed by atoms with Crippen molar-refractivity contribution in [1.82, 2.24) is 9.29 Å². The zero-order chi connectivity index (χ0) is 13.0. The van der Waals surface area contributed by atoms with E-state index >= 15 is 0 Å². The van der Waals surface area contributed by atoms with E-state index in [2.05, 4.69) is 4.98 Å². The summed E-state index contributed by atoms with van der Waals surface area (Å²) in [5, 5.41) is 0. The van der Waals surface area contributed by atoms with Gasteiger partial charge in [0.1, 0.15) is 0 Å². The highest BCUT2D eigenvalue weighted by Gasteiger charge is 2.36. The van der Waals surface area contributed by atoms with E-state index in [1.807, 2.05) is 18.2 Å². The van der Waals surface area contributed by atoms with Gasteiger partial charge in [0.25, 0.3) is 0 Å². The molecule has 1 aliphatic carbocycles. The summed E-state index contributed by atoms with van der Waals surface area (Å²) < 4.78 is 26.0. The number of nitrogens with zero attached hydrogens (tertiary/aromatic N) is 2. The minimum Gasteiger partial charge on any atom is -0.329 e. The standard InChI is InChI=1S/C12H19N3O2S/c13-7-9-15(12-4-5-12)18(16,17)10-6-11-3-1-2-8-14-11/h1-3,8,12H,4-7,9-10,13H2. The first-order valence-corrected chi connectivity index (χ1v) is 7.84. The molecular weight excluding hydrogens is 250 g/mol. The fourth-order valence-electron chi connectivity index (χ4n) is 1.94. The summed E-state index contributed by atoms with van der Waals surface area (Å²) in [6.07, 6.45) is 4.06. The molecule has 0 saturated heterocycles. The van der Waals surface area contributed by atoms with Gasteiger partial charge in [-0.05, 0) is 25.0 Å². The molecule has 100 valence electrons. The van der Waals surface area contributed by atoms with Crippen LogP contribution in [0.1, 0.15) is 18.5 Å². The number of rotatable bonds is 7. The normalized spacial score (nSPS) is 16.1. The largest absolute Gasteiger partial charge is 0.329 e. The Bertz CT molecular complexity index is 471. The van der Waals surface area contributed by atoms with E-state index in [1.54, 1.807) is 10.5 Å². The predicted molar refractivity (Wildman–Crippen MR) is 70.5 cm³/mol. The van der Waals surface area contributed by atoms with Crippen molar-refractivity contribution in [3.8, 4) is 0 Å². The maximum atomic E-state index is 12.2. The van der Waals surface area contributed by atoms with Gasteiger partial charge < -0.3 is 5.73 Å². The first-order chi connectivity index (χ1) is 8.63. The summed E-state index contributed by atoms with van der Waals surface area (Å²) in [6, 6.07) is 5.72. The Hall–Kier alpha value is -0.980. The Kier molecular flexibility index (Phi) is 4.31. The average molecular weight is 269 g/mol. The van der Waals surface area contributed by atoms with Crippen molar-refractivity contribution in [3.63, 3.8) is 0 Å². The molecule has 0 amide bonds. The van der Waals surface area contributed by atoms with Crippen LogP contribution < -0.4 is 5.73 Å². The van der Waals surface area contributed by atoms with Crippen molar-refractivity contribution >= 4 is 10.0 Å². The van der Waals surface area contributed by atoms with Crippen molar-refractivity contribution in [2.75, 3.05) is 18.8 Å². The highest BCUT2D eigenvalue weighted by atomic mass is 32.2. The lowest BCUT2D eigenvalue weighted by molar-refractivity contribution is 0.411. The van der Waals surface area contributed by atoms with E-state index in [4.69, 9.17) is 5.73 Å². The smallest absolute Gasteiger partial charge is 0.214 e. The van der Waals surface area contributed by atoms with Gasteiger partial charge in [-0.2, -0.15) is 4.31 Å². The first-order valence-electron chi connectivity index (χ1n) is 6.23. The molecule has 1 aromatic heterocycles. The highest BCUT2D eigenvalue weighted by Crippen LogP contribution is 2.29. The van der Waals surface area contributed by atoms with Gasteiger partial charge in [-0.3, -0.25) is 4.98 Å². The minimum atomic E-state index is -3.21. The molecule has 2 rings (SSSR count). The third-order valence-electron chi connectivity index (χ3n) is 3.00. The zero-order valence-corrected chi connectivity index (χ0v) is 11.1.